The molecule has 3 aromatic heterocycles. The first-order chi connectivity index (χ1) is 11.7. The van der Waals surface area contributed by atoms with Gasteiger partial charge in [-0.15, -0.1) is 0 Å². The Morgan fingerprint density at radius 1 is 1.21 bits per heavy atom. The molecule has 0 aliphatic heterocycles. The molecule has 0 spiro atoms. The van der Waals surface area contributed by atoms with Gasteiger partial charge in [0.05, 0.1) is 24.4 Å². The van der Waals surface area contributed by atoms with Crippen molar-refractivity contribution in [2.24, 2.45) is 0 Å². The number of benzene rings is 1. The van der Waals surface area contributed by atoms with Crippen molar-refractivity contribution in [2.45, 2.75) is 13.5 Å². The van der Waals surface area contributed by atoms with Crippen LogP contribution in [0.25, 0.3) is 16.6 Å². The van der Waals surface area contributed by atoms with Crippen LogP contribution in [0.2, 0.25) is 5.02 Å². The van der Waals surface area contributed by atoms with Gasteiger partial charge in [-0.25, -0.2) is 9.50 Å². The first kappa shape index (κ1) is 14.9. The zero-order valence-electron chi connectivity index (χ0n) is 12.9. The summed E-state index contributed by atoms with van der Waals surface area (Å²) < 4.78 is 3.42. The Morgan fingerprint density at radius 3 is 2.88 bits per heavy atom. The molecule has 0 radical (unpaired) electrons. The average Bonchev–Trinajstić information content (AvgIpc) is 3.14. The summed E-state index contributed by atoms with van der Waals surface area (Å²) in [6.45, 7) is 2.34. The number of rotatable bonds is 4. The Balaban J connectivity index is 1.87. The van der Waals surface area contributed by atoms with Gasteiger partial charge in [0.15, 0.2) is 11.5 Å². The molecule has 0 atom stereocenters. The lowest BCUT2D eigenvalue weighted by Gasteiger charge is -2.08. The van der Waals surface area contributed by atoms with E-state index in [0.29, 0.717) is 28.9 Å². The van der Waals surface area contributed by atoms with Crippen LogP contribution in [-0.4, -0.2) is 36.1 Å². The van der Waals surface area contributed by atoms with Crippen molar-refractivity contribution in [3.05, 3.63) is 47.2 Å². The zero-order chi connectivity index (χ0) is 16.7. The standard InChI is InChI=1S/C16H15ClN6O/c1-10-14(17)16-19-15(18-13-6-7-22(21-13)8-9-24)11-4-2-3-5-12(11)23(16)20-10/h2-7,24H,8-9H2,1H3,(H,18,19,21). The molecule has 0 aliphatic rings. The van der Waals surface area contributed by atoms with E-state index in [0.717, 1.165) is 16.6 Å². The Kier molecular flexibility index (Phi) is 3.59. The molecule has 7 nitrogen and oxygen atoms in total. The van der Waals surface area contributed by atoms with E-state index in [4.69, 9.17) is 16.7 Å². The summed E-state index contributed by atoms with van der Waals surface area (Å²) in [6.07, 6.45) is 1.80. The summed E-state index contributed by atoms with van der Waals surface area (Å²) in [5.41, 5.74) is 2.25. The van der Waals surface area contributed by atoms with Crippen LogP contribution in [0, 0.1) is 6.92 Å². The summed E-state index contributed by atoms with van der Waals surface area (Å²) in [7, 11) is 0. The Hall–Kier alpha value is -2.64. The molecule has 2 N–H and O–H groups in total. The fourth-order valence-electron chi connectivity index (χ4n) is 2.66. The maximum Gasteiger partial charge on any atom is 0.176 e. The number of aryl methyl sites for hydroxylation is 1. The van der Waals surface area contributed by atoms with Crippen LogP contribution in [-0.2, 0) is 6.54 Å². The SMILES string of the molecule is Cc1nn2c(nc(Nc3ccn(CCO)n3)c3ccccc32)c1Cl. The minimum absolute atomic E-state index is 0.0406. The number of aliphatic hydroxyl groups excluding tert-OH is 1. The molecule has 0 aliphatic carbocycles. The lowest BCUT2D eigenvalue weighted by molar-refractivity contribution is 0.269. The fraction of sp³-hybridized carbons (Fsp3) is 0.188. The van der Waals surface area contributed by atoms with Gasteiger partial charge in [-0.2, -0.15) is 10.2 Å². The quantitative estimate of drug-likeness (QED) is 0.596. The summed E-state index contributed by atoms with van der Waals surface area (Å²) >= 11 is 6.34. The lowest BCUT2D eigenvalue weighted by atomic mass is 10.2. The molecule has 0 fully saturated rings. The highest BCUT2D eigenvalue weighted by atomic mass is 35.5. The second kappa shape index (κ2) is 5.77. The van der Waals surface area contributed by atoms with E-state index in [1.54, 1.807) is 15.4 Å². The van der Waals surface area contributed by atoms with E-state index < -0.39 is 0 Å². The van der Waals surface area contributed by atoms with Crippen LogP contribution >= 0.6 is 11.6 Å². The van der Waals surface area contributed by atoms with Gasteiger partial charge < -0.3 is 10.4 Å². The smallest absolute Gasteiger partial charge is 0.176 e. The fourth-order valence-corrected chi connectivity index (χ4v) is 2.82. The van der Waals surface area contributed by atoms with Crippen molar-refractivity contribution >= 4 is 39.8 Å². The Labute approximate surface area is 142 Å². The van der Waals surface area contributed by atoms with Crippen LogP contribution in [0.4, 0.5) is 11.6 Å². The van der Waals surface area contributed by atoms with E-state index in [9.17, 15) is 0 Å². The van der Waals surface area contributed by atoms with Crippen molar-refractivity contribution in [1.82, 2.24) is 24.4 Å². The van der Waals surface area contributed by atoms with Crippen molar-refractivity contribution in [3.8, 4) is 0 Å². The topological polar surface area (TPSA) is 80.3 Å². The maximum absolute atomic E-state index is 8.99. The van der Waals surface area contributed by atoms with Crippen molar-refractivity contribution in [2.75, 3.05) is 11.9 Å². The second-order valence-corrected chi connectivity index (χ2v) is 5.80. The number of para-hydroxylation sites is 1. The average molecular weight is 343 g/mol. The van der Waals surface area contributed by atoms with E-state index >= 15 is 0 Å². The molecule has 1 aromatic carbocycles. The van der Waals surface area contributed by atoms with Crippen LogP contribution in [0.15, 0.2) is 36.5 Å². The summed E-state index contributed by atoms with van der Waals surface area (Å²) in [6, 6.07) is 9.68. The van der Waals surface area contributed by atoms with Gasteiger partial charge in [0.25, 0.3) is 0 Å². The minimum atomic E-state index is 0.0406. The van der Waals surface area contributed by atoms with Gasteiger partial charge in [-0.05, 0) is 19.1 Å². The first-order valence-electron chi connectivity index (χ1n) is 7.52. The maximum atomic E-state index is 8.99. The predicted molar refractivity (Wildman–Crippen MR) is 92.8 cm³/mol. The third-order valence-electron chi connectivity index (χ3n) is 3.79. The van der Waals surface area contributed by atoms with Crippen LogP contribution in [0.5, 0.6) is 0 Å². The summed E-state index contributed by atoms with van der Waals surface area (Å²) in [5, 5.41) is 22.5. The minimum Gasteiger partial charge on any atom is -0.394 e. The highest BCUT2D eigenvalue weighted by Gasteiger charge is 2.15. The molecular weight excluding hydrogens is 328 g/mol. The molecule has 0 amide bonds. The predicted octanol–water partition coefficient (Wildman–Crippen LogP) is 2.78. The molecule has 0 saturated carbocycles. The van der Waals surface area contributed by atoms with Crippen molar-refractivity contribution in [3.63, 3.8) is 0 Å². The molecule has 4 aromatic rings. The number of nitrogens with zero attached hydrogens (tertiary/aromatic N) is 5. The molecular formula is C16H15ClN6O. The highest BCUT2D eigenvalue weighted by Crippen LogP contribution is 2.29. The normalized spacial score (nSPS) is 11.5. The summed E-state index contributed by atoms with van der Waals surface area (Å²) in [5.74, 6) is 1.31. The Bertz CT molecular complexity index is 1040. The number of anilines is 2. The third-order valence-corrected chi connectivity index (χ3v) is 4.23. The van der Waals surface area contributed by atoms with Crippen molar-refractivity contribution < 1.29 is 5.11 Å². The molecule has 3 heterocycles. The Morgan fingerprint density at radius 2 is 2.04 bits per heavy atom. The molecule has 0 bridgehead atoms. The van der Waals surface area contributed by atoms with Gasteiger partial charge in [0.1, 0.15) is 10.8 Å². The van der Waals surface area contributed by atoms with E-state index in [-0.39, 0.29) is 6.61 Å². The van der Waals surface area contributed by atoms with E-state index in [1.165, 1.54) is 0 Å². The molecule has 0 unspecified atom stereocenters. The number of nitrogens with one attached hydrogen (secondary N) is 1. The third kappa shape index (κ3) is 2.38. The van der Waals surface area contributed by atoms with E-state index in [2.05, 4.69) is 20.5 Å². The number of halogens is 1. The molecule has 24 heavy (non-hydrogen) atoms. The van der Waals surface area contributed by atoms with Crippen LogP contribution in [0.1, 0.15) is 5.69 Å². The number of hydrogen-bond acceptors (Lipinski definition) is 5. The number of hydrogen-bond donors (Lipinski definition) is 2. The van der Waals surface area contributed by atoms with Crippen molar-refractivity contribution in [1.29, 1.82) is 0 Å². The number of aliphatic hydroxyl groups is 1. The first-order valence-corrected chi connectivity index (χ1v) is 7.90. The monoisotopic (exact) mass is 342 g/mol. The molecule has 122 valence electrons. The lowest BCUT2D eigenvalue weighted by Crippen LogP contribution is -2.04. The van der Waals surface area contributed by atoms with E-state index in [1.807, 2.05) is 37.3 Å². The largest absolute Gasteiger partial charge is 0.394 e. The van der Waals surface area contributed by atoms with Crippen LogP contribution < -0.4 is 5.32 Å². The molecule has 8 heteroatoms. The van der Waals surface area contributed by atoms with Gasteiger partial charge in [-0.1, -0.05) is 23.7 Å². The summed E-state index contributed by atoms with van der Waals surface area (Å²) in [4.78, 5) is 4.63. The van der Waals surface area contributed by atoms with Gasteiger partial charge in [0, 0.05) is 17.6 Å². The van der Waals surface area contributed by atoms with Gasteiger partial charge >= 0.3 is 0 Å². The number of fused-ring (bicyclic) bond motifs is 3. The second-order valence-electron chi connectivity index (χ2n) is 5.43. The number of aromatic nitrogens is 5. The van der Waals surface area contributed by atoms with Crippen LogP contribution in [0.3, 0.4) is 0 Å². The van der Waals surface area contributed by atoms with Gasteiger partial charge in [0.2, 0.25) is 0 Å². The zero-order valence-corrected chi connectivity index (χ0v) is 13.7. The molecule has 4 rings (SSSR count). The highest BCUT2D eigenvalue weighted by molar-refractivity contribution is 6.34. The van der Waals surface area contributed by atoms with Gasteiger partial charge in [-0.3, -0.25) is 4.68 Å². The molecule has 0 saturated heterocycles.